The van der Waals surface area contributed by atoms with E-state index in [9.17, 15) is 40.2 Å². The second-order valence-corrected chi connectivity index (χ2v) is 12.3. The van der Waals surface area contributed by atoms with Crippen LogP contribution in [0.15, 0.2) is 37.4 Å². The Hall–Kier alpha value is -6.30. The zero-order chi connectivity index (χ0) is 40.0. The molecule has 8 atom stereocenters. The Morgan fingerprint density at radius 2 is 1.19 bits per heavy atom. The van der Waals surface area contributed by atoms with E-state index in [1.54, 1.807) is 0 Å². The number of fused-ring (bicyclic) bond motifs is 2. The van der Waals surface area contributed by atoms with Gasteiger partial charge in [0.05, 0.1) is 56.5 Å². The maximum Gasteiger partial charge on any atom is 0.341 e. The predicted molar refractivity (Wildman–Crippen MR) is 188 cm³/mol. The normalized spacial score (nSPS) is 24.3. The smallest absolute Gasteiger partial charge is 0.341 e. The lowest BCUT2D eigenvalue weighted by molar-refractivity contribution is -0.0511. The number of methoxy groups -OCH3 is 1. The monoisotopic (exact) mass is 799 g/mol. The van der Waals surface area contributed by atoms with Crippen LogP contribution in [0.3, 0.4) is 0 Å². The number of esters is 1. The molecule has 27 nitrogen and oxygen atoms in total. The van der Waals surface area contributed by atoms with Crippen LogP contribution in [0.5, 0.6) is 0 Å². The number of ether oxygens (including phenoxy) is 3. The lowest BCUT2D eigenvalue weighted by Crippen LogP contribution is -2.33. The summed E-state index contributed by atoms with van der Waals surface area (Å²) in [5, 5.41) is 69.6. The summed E-state index contributed by atoms with van der Waals surface area (Å²) in [5.74, 6) is -0.668. The standard InChI is InChI=1S/C15H18N8O5.C15H17N7O6.H2O/c1-17-13(27)6-2-19-23(3-6)15-20-11(16)8-12(21-15)22(5-18-8)14-10(26)9(25)7(4-24)28-14;1-27-14(26)6-2-18-22(3-6)15-19-11(16)8-12(20-15)21(5-17-8)13-10(25)9(24)7(4-23)28-13;/h2-3,5,7,9-10,14,24-26H,4H2,1H3,(H,17,27)(H2,16,20,21);2-3,5,7,9-10,13,23-25H,4H2,1H3,(H2,16,19,20);1H2/t7-,9-,10-,14-;7-,9-,10-,13-;/m11./s1. The summed E-state index contributed by atoms with van der Waals surface area (Å²) in [6, 6.07) is 0. The Balaban J connectivity index is 0.000000189. The van der Waals surface area contributed by atoms with Crippen molar-refractivity contribution in [1.29, 1.82) is 0 Å². The topological polar surface area (TPSA) is 402 Å². The first-order chi connectivity index (χ1) is 26.9. The van der Waals surface area contributed by atoms with Crippen molar-refractivity contribution >= 4 is 45.8 Å². The average molecular weight is 800 g/mol. The summed E-state index contributed by atoms with van der Waals surface area (Å²) in [5.41, 5.74) is 13.4. The Bertz CT molecular complexity index is 2230. The second kappa shape index (κ2) is 16.0. The first-order valence-electron chi connectivity index (χ1n) is 16.5. The number of hydrogen-bond donors (Lipinski definition) is 9. The number of imidazole rings is 2. The number of nitrogens with zero attached hydrogens (tertiary/aromatic N) is 12. The van der Waals surface area contributed by atoms with Gasteiger partial charge in [0, 0.05) is 19.4 Å². The largest absolute Gasteiger partial charge is 0.465 e. The number of nitrogens with one attached hydrogen (secondary N) is 1. The van der Waals surface area contributed by atoms with Crippen LogP contribution in [-0.2, 0) is 14.2 Å². The van der Waals surface area contributed by atoms with Crippen LogP contribution >= 0.6 is 0 Å². The molecule has 1 amide bonds. The minimum absolute atomic E-state index is 0. The number of rotatable bonds is 8. The molecule has 8 rings (SSSR count). The SMILES string of the molecule is CNC(=O)c1cnn(-c2nc(N)c3ncn([C@@H]4O[C@H](CO)[C@@H](O)[C@H]4O)c3n2)c1.COC(=O)c1cnn(-c2nc(N)c3ncn([C@@H]4O[C@H](CO)[C@@H](O)[C@H]4O)c3n2)c1.O. The van der Waals surface area contributed by atoms with E-state index in [0.29, 0.717) is 5.56 Å². The van der Waals surface area contributed by atoms with Gasteiger partial charge < -0.3 is 67.1 Å². The maximum atomic E-state index is 11.7. The molecule has 2 fully saturated rings. The third-order valence-electron chi connectivity index (χ3n) is 8.94. The van der Waals surface area contributed by atoms with E-state index in [-0.39, 0.29) is 62.8 Å². The fourth-order valence-corrected chi connectivity index (χ4v) is 6.00. The highest BCUT2D eigenvalue weighted by molar-refractivity contribution is 5.93. The Morgan fingerprint density at radius 1 is 0.754 bits per heavy atom. The number of nitrogens with two attached hydrogens (primary N) is 2. The molecular formula is C30H37N15O12. The van der Waals surface area contributed by atoms with Crippen LogP contribution in [0.2, 0.25) is 0 Å². The number of aliphatic hydroxyl groups is 6. The molecule has 8 heterocycles. The van der Waals surface area contributed by atoms with E-state index >= 15 is 0 Å². The number of carbonyl (C=O) groups excluding carboxylic acids is 2. The molecule has 6 aromatic heterocycles. The first kappa shape index (κ1) is 40.4. The number of carbonyl (C=O) groups is 2. The summed E-state index contributed by atoms with van der Waals surface area (Å²) in [6.07, 6.45) is -1.00. The van der Waals surface area contributed by atoms with Gasteiger partial charge in [0.2, 0.25) is 0 Å². The van der Waals surface area contributed by atoms with Crippen molar-refractivity contribution in [2.24, 2.45) is 0 Å². The summed E-state index contributed by atoms with van der Waals surface area (Å²) in [7, 11) is 2.75. The van der Waals surface area contributed by atoms with Gasteiger partial charge in [-0.1, -0.05) is 0 Å². The lowest BCUT2D eigenvalue weighted by Gasteiger charge is -2.16. The molecule has 0 spiro atoms. The highest BCUT2D eigenvalue weighted by Crippen LogP contribution is 2.33. The van der Waals surface area contributed by atoms with Crippen molar-refractivity contribution in [3.8, 4) is 11.9 Å². The Morgan fingerprint density at radius 3 is 1.60 bits per heavy atom. The number of aromatic nitrogens is 12. The molecule has 0 bridgehead atoms. The number of anilines is 2. The molecule has 0 aliphatic carbocycles. The highest BCUT2D eigenvalue weighted by Gasteiger charge is 2.45. The number of hydrogen-bond acceptors (Lipinski definition) is 21. The average Bonchev–Trinajstić information content (AvgIpc) is 4.07. The lowest BCUT2D eigenvalue weighted by atomic mass is 10.1. The van der Waals surface area contributed by atoms with Gasteiger partial charge in [0.25, 0.3) is 17.8 Å². The first-order valence-corrected chi connectivity index (χ1v) is 16.5. The van der Waals surface area contributed by atoms with Gasteiger partial charge >= 0.3 is 5.97 Å². The van der Waals surface area contributed by atoms with Gasteiger partial charge in [-0.05, 0) is 0 Å². The number of nitrogen functional groups attached to an aromatic ring is 2. The quantitative estimate of drug-likeness (QED) is 0.0649. The molecule has 304 valence electrons. The van der Waals surface area contributed by atoms with Crippen molar-refractivity contribution in [2.75, 3.05) is 38.8 Å². The van der Waals surface area contributed by atoms with Crippen LogP contribution in [0, 0.1) is 0 Å². The summed E-state index contributed by atoms with van der Waals surface area (Å²) < 4.78 is 20.9. The molecule has 0 unspecified atom stereocenters. The Kier molecular flexibility index (Phi) is 11.4. The number of aliphatic hydroxyl groups excluding tert-OH is 6. The minimum Gasteiger partial charge on any atom is -0.465 e. The van der Waals surface area contributed by atoms with E-state index < -0.39 is 68.3 Å². The van der Waals surface area contributed by atoms with Gasteiger partial charge in [-0.25, -0.2) is 24.1 Å². The molecular weight excluding hydrogens is 762 g/mol. The van der Waals surface area contributed by atoms with Gasteiger partial charge in [-0.3, -0.25) is 13.9 Å². The van der Waals surface area contributed by atoms with Gasteiger partial charge in [-0.2, -0.15) is 30.1 Å². The molecule has 6 aromatic rings. The molecule has 57 heavy (non-hydrogen) atoms. The fraction of sp³-hybridized carbons (Fsp3) is 0.400. The third-order valence-corrected chi connectivity index (χ3v) is 8.94. The van der Waals surface area contributed by atoms with Gasteiger partial charge in [-0.15, -0.1) is 0 Å². The van der Waals surface area contributed by atoms with Crippen molar-refractivity contribution in [2.45, 2.75) is 49.1 Å². The Labute approximate surface area is 318 Å². The molecule has 2 saturated heterocycles. The minimum atomic E-state index is -1.31. The van der Waals surface area contributed by atoms with E-state index in [4.69, 9.17) is 20.9 Å². The van der Waals surface area contributed by atoms with Crippen molar-refractivity contribution < 1.29 is 59.9 Å². The molecule has 2 aliphatic rings. The second-order valence-electron chi connectivity index (χ2n) is 12.3. The van der Waals surface area contributed by atoms with E-state index in [1.165, 1.54) is 70.1 Å². The maximum absolute atomic E-state index is 11.7. The van der Waals surface area contributed by atoms with Crippen LogP contribution in [0.4, 0.5) is 11.6 Å². The van der Waals surface area contributed by atoms with Crippen molar-refractivity contribution in [1.82, 2.24) is 63.9 Å². The predicted octanol–water partition coefficient (Wildman–Crippen LogP) is -5.27. The van der Waals surface area contributed by atoms with Crippen molar-refractivity contribution in [3.63, 3.8) is 0 Å². The van der Waals surface area contributed by atoms with Crippen LogP contribution in [0.1, 0.15) is 33.2 Å². The summed E-state index contributed by atoms with van der Waals surface area (Å²) in [6.45, 7) is -0.924. The third kappa shape index (κ3) is 7.16. The van der Waals surface area contributed by atoms with Crippen LogP contribution < -0.4 is 16.8 Å². The summed E-state index contributed by atoms with van der Waals surface area (Å²) in [4.78, 5) is 48.6. The van der Waals surface area contributed by atoms with E-state index in [2.05, 4.69) is 50.2 Å². The van der Waals surface area contributed by atoms with E-state index in [0.717, 1.165) is 0 Å². The zero-order valence-corrected chi connectivity index (χ0v) is 29.7. The van der Waals surface area contributed by atoms with Crippen molar-refractivity contribution in [3.05, 3.63) is 48.6 Å². The van der Waals surface area contributed by atoms with Crippen LogP contribution in [-0.4, -0.2) is 171 Å². The molecule has 0 saturated carbocycles. The van der Waals surface area contributed by atoms with Gasteiger partial charge in [0.15, 0.2) is 35.4 Å². The summed E-state index contributed by atoms with van der Waals surface area (Å²) >= 11 is 0. The highest BCUT2D eigenvalue weighted by atomic mass is 16.6. The molecule has 0 aromatic carbocycles. The molecule has 27 heteroatoms. The number of amides is 1. The van der Waals surface area contributed by atoms with E-state index in [1.807, 2.05) is 0 Å². The fourth-order valence-electron chi connectivity index (χ4n) is 6.00. The van der Waals surface area contributed by atoms with Gasteiger partial charge in [0.1, 0.15) is 47.7 Å². The zero-order valence-electron chi connectivity index (χ0n) is 29.7. The molecule has 13 N–H and O–H groups in total. The molecule has 2 aliphatic heterocycles. The molecule has 0 radical (unpaired) electrons. The van der Waals surface area contributed by atoms with Crippen LogP contribution in [0.25, 0.3) is 34.2 Å².